The molecular formula is C7H12INO3. The van der Waals surface area contributed by atoms with Gasteiger partial charge in [-0.05, 0) is 13.8 Å². The van der Waals surface area contributed by atoms with Crippen LogP contribution in [0.2, 0.25) is 0 Å². The lowest BCUT2D eigenvalue weighted by Gasteiger charge is -2.08. The van der Waals surface area contributed by atoms with Crippen LogP contribution in [-0.4, -0.2) is 26.9 Å². The van der Waals surface area contributed by atoms with Gasteiger partial charge in [0, 0.05) is 12.5 Å². The highest BCUT2D eigenvalue weighted by atomic mass is 127. The highest BCUT2D eigenvalue weighted by Crippen LogP contribution is 2.05. The van der Waals surface area contributed by atoms with Crippen LogP contribution in [-0.2, 0) is 9.59 Å². The average molecular weight is 285 g/mol. The van der Waals surface area contributed by atoms with Gasteiger partial charge in [0.1, 0.15) is 3.92 Å². The summed E-state index contributed by atoms with van der Waals surface area (Å²) in [4.78, 5) is 21.3. The number of rotatable bonds is 4. The van der Waals surface area contributed by atoms with Crippen molar-refractivity contribution in [3.05, 3.63) is 0 Å². The Morgan fingerprint density at radius 2 is 2.00 bits per heavy atom. The maximum Gasteiger partial charge on any atom is 0.316 e. The molecule has 2 N–H and O–H groups in total. The third kappa shape index (κ3) is 5.34. The minimum Gasteiger partial charge on any atom is -0.480 e. The van der Waals surface area contributed by atoms with Crippen molar-refractivity contribution in [2.75, 3.05) is 0 Å². The number of hydrogen-bond donors (Lipinski definition) is 2. The van der Waals surface area contributed by atoms with Gasteiger partial charge < -0.3 is 10.4 Å². The minimum atomic E-state index is -0.950. The number of amides is 1. The maximum absolute atomic E-state index is 11.0. The summed E-state index contributed by atoms with van der Waals surface area (Å²) in [6.45, 7) is 3.67. The first kappa shape index (κ1) is 11.7. The SMILES string of the molecule is CC(C)NC(=O)CC(I)C(=O)O. The zero-order valence-electron chi connectivity index (χ0n) is 7.00. The molecule has 0 fully saturated rings. The summed E-state index contributed by atoms with van der Waals surface area (Å²) in [6, 6.07) is 0.0647. The lowest BCUT2D eigenvalue weighted by molar-refractivity contribution is -0.137. The van der Waals surface area contributed by atoms with Gasteiger partial charge in [-0.3, -0.25) is 9.59 Å². The standard InChI is InChI=1S/C7H12INO3/c1-4(2)9-6(10)3-5(8)7(11)12/h4-5H,3H2,1-2H3,(H,9,10)(H,11,12). The summed E-state index contributed by atoms with van der Waals surface area (Å²) in [6.07, 6.45) is 0.0358. The maximum atomic E-state index is 11.0. The van der Waals surface area contributed by atoms with Crippen molar-refractivity contribution in [1.29, 1.82) is 0 Å². The molecule has 0 rings (SSSR count). The predicted molar refractivity (Wildman–Crippen MR) is 53.3 cm³/mol. The topological polar surface area (TPSA) is 66.4 Å². The van der Waals surface area contributed by atoms with E-state index < -0.39 is 9.89 Å². The number of carbonyl (C=O) groups excluding carboxylic acids is 1. The Hall–Kier alpha value is -0.330. The molecule has 4 nitrogen and oxygen atoms in total. The van der Waals surface area contributed by atoms with Crippen LogP contribution < -0.4 is 5.32 Å². The molecule has 0 aliphatic rings. The largest absolute Gasteiger partial charge is 0.480 e. The van der Waals surface area contributed by atoms with Crippen LogP contribution in [0.15, 0.2) is 0 Å². The third-order valence-corrected chi connectivity index (χ3v) is 2.06. The van der Waals surface area contributed by atoms with Crippen LogP contribution in [0, 0.1) is 0 Å². The number of halogens is 1. The Bertz CT molecular complexity index is 181. The van der Waals surface area contributed by atoms with E-state index in [9.17, 15) is 9.59 Å². The van der Waals surface area contributed by atoms with Gasteiger partial charge in [-0.1, -0.05) is 22.6 Å². The second-order valence-electron chi connectivity index (χ2n) is 2.73. The molecule has 0 aromatic rings. The van der Waals surface area contributed by atoms with Crippen molar-refractivity contribution in [1.82, 2.24) is 5.32 Å². The van der Waals surface area contributed by atoms with E-state index in [0.29, 0.717) is 0 Å². The monoisotopic (exact) mass is 285 g/mol. The number of nitrogens with one attached hydrogen (secondary N) is 1. The summed E-state index contributed by atoms with van der Waals surface area (Å²) in [5, 5.41) is 11.1. The van der Waals surface area contributed by atoms with Crippen molar-refractivity contribution in [2.45, 2.75) is 30.2 Å². The van der Waals surface area contributed by atoms with Gasteiger partial charge in [0.2, 0.25) is 5.91 Å². The van der Waals surface area contributed by atoms with E-state index >= 15 is 0 Å². The molecule has 1 amide bonds. The van der Waals surface area contributed by atoms with E-state index in [0.717, 1.165) is 0 Å². The van der Waals surface area contributed by atoms with Crippen molar-refractivity contribution in [2.24, 2.45) is 0 Å². The van der Waals surface area contributed by atoms with Crippen LogP contribution in [0.5, 0.6) is 0 Å². The van der Waals surface area contributed by atoms with E-state index in [1.54, 1.807) is 22.6 Å². The molecule has 0 aliphatic carbocycles. The van der Waals surface area contributed by atoms with Crippen LogP contribution in [0.4, 0.5) is 0 Å². The first-order valence-electron chi connectivity index (χ1n) is 3.59. The molecule has 0 radical (unpaired) electrons. The summed E-state index contributed by atoms with van der Waals surface area (Å²) in [5.41, 5.74) is 0. The van der Waals surface area contributed by atoms with Gasteiger partial charge in [0.15, 0.2) is 0 Å². The highest BCUT2D eigenvalue weighted by molar-refractivity contribution is 14.1. The molecule has 70 valence electrons. The third-order valence-electron chi connectivity index (χ3n) is 1.08. The fourth-order valence-corrected chi connectivity index (χ4v) is 1.03. The minimum absolute atomic E-state index is 0.0358. The number of aliphatic carboxylic acids is 1. The van der Waals surface area contributed by atoms with Gasteiger partial charge in [-0.15, -0.1) is 0 Å². The van der Waals surface area contributed by atoms with E-state index in [1.807, 2.05) is 13.8 Å². The molecule has 5 heteroatoms. The fourth-order valence-electron chi connectivity index (χ4n) is 0.631. The molecule has 0 saturated heterocycles. The zero-order chi connectivity index (χ0) is 9.72. The van der Waals surface area contributed by atoms with Crippen molar-refractivity contribution >= 4 is 34.5 Å². The van der Waals surface area contributed by atoms with Gasteiger partial charge in [-0.2, -0.15) is 0 Å². The van der Waals surface area contributed by atoms with E-state index in [-0.39, 0.29) is 18.4 Å². The molecule has 0 aromatic heterocycles. The normalized spacial score (nSPS) is 12.7. The number of carbonyl (C=O) groups is 2. The molecule has 1 unspecified atom stereocenters. The molecular weight excluding hydrogens is 273 g/mol. The lowest BCUT2D eigenvalue weighted by atomic mass is 10.3. The molecule has 0 spiro atoms. The average Bonchev–Trinajstić information content (AvgIpc) is 1.84. The fraction of sp³-hybridized carbons (Fsp3) is 0.714. The smallest absolute Gasteiger partial charge is 0.316 e. The highest BCUT2D eigenvalue weighted by Gasteiger charge is 2.17. The lowest BCUT2D eigenvalue weighted by Crippen LogP contribution is -2.33. The summed E-state index contributed by atoms with van der Waals surface area (Å²) < 4.78 is -0.638. The zero-order valence-corrected chi connectivity index (χ0v) is 9.16. The predicted octanol–water partition coefficient (Wildman–Crippen LogP) is 0.789. The van der Waals surface area contributed by atoms with E-state index in [4.69, 9.17) is 5.11 Å². The van der Waals surface area contributed by atoms with Crippen LogP contribution >= 0.6 is 22.6 Å². The van der Waals surface area contributed by atoms with Gasteiger partial charge in [-0.25, -0.2) is 0 Å². The Morgan fingerprint density at radius 1 is 1.50 bits per heavy atom. The summed E-state index contributed by atoms with van der Waals surface area (Å²) in [7, 11) is 0. The molecule has 0 heterocycles. The van der Waals surface area contributed by atoms with Crippen molar-refractivity contribution < 1.29 is 14.7 Å². The summed E-state index contributed by atoms with van der Waals surface area (Å²) >= 11 is 1.73. The molecule has 0 aliphatic heterocycles. The van der Waals surface area contributed by atoms with Crippen LogP contribution in [0.3, 0.4) is 0 Å². The summed E-state index contributed by atoms with van der Waals surface area (Å²) in [5.74, 6) is -1.17. The first-order valence-corrected chi connectivity index (χ1v) is 4.84. The van der Waals surface area contributed by atoms with Gasteiger partial charge in [0.25, 0.3) is 0 Å². The quantitative estimate of drug-likeness (QED) is 0.593. The number of carboxylic acid groups (broad SMARTS) is 1. The van der Waals surface area contributed by atoms with Gasteiger partial charge >= 0.3 is 5.97 Å². The Morgan fingerprint density at radius 3 is 2.33 bits per heavy atom. The molecule has 1 atom stereocenters. The van der Waals surface area contributed by atoms with E-state index in [1.165, 1.54) is 0 Å². The van der Waals surface area contributed by atoms with Crippen LogP contribution in [0.1, 0.15) is 20.3 Å². The Balaban J connectivity index is 3.77. The molecule has 0 saturated carbocycles. The van der Waals surface area contributed by atoms with Crippen LogP contribution in [0.25, 0.3) is 0 Å². The Labute approximate surface area is 84.9 Å². The van der Waals surface area contributed by atoms with Crippen molar-refractivity contribution in [3.8, 4) is 0 Å². The Kier molecular flexibility index (Phi) is 5.19. The second-order valence-corrected chi connectivity index (χ2v) is 4.24. The number of hydrogen-bond acceptors (Lipinski definition) is 2. The second kappa shape index (κ2) is 5.34. The number of carboxylic acids is 1. The number of alkyl halides is 1. The first-order chi connectivity index (χ1) is 5.43. The molecule has 0 aromatic carbocycles. The molecule has 12 heavy (non-hydrogen) atoms. The van der Waals surface area contributed by atoms with Crippen molar-refractivity contribution in [3.63, 3.8) is 0 Å². The van der Waals surface area contributed by atoms with Gasteiger partial charge in [0.05, 0.1) is 0 Å². The molecule has 0 bridgehead atoms. The van der Waals surface area contributed by atoms with E-state index in [2.05, 4.69) is 5.32 Å².